The molecule has 0 bridgehead atoms. The van der Waals surface area contributed by atoms with Crippen molar-refractivity contribution in [3.05, 3.63) is 35.1 Å². The van der Waals surface area contributed by atoms with Gasteiger partial charge >= 0.3 is 5.97 Å². The van der Waals surface area contributed by atoms with Gasteiger partial charge in [0.25, 0.3) is 0 Å². The van der Waals surface area contributed by atoms with E-state index in [4.69, 9.17) is 4.74 Å². The highest BCUT2D eigenvalue weighted by Gasteiger charge is 2.24. The Morgan fingerprint density at radius 3 is 2.74 bits per heavy atom. The molecule has 19 heavy (non-hydrogen) atoms. The van der Waals surface area contributed by atoms with Crippen molar-refractivity contribution in [2.75, 3.05) is 32.8 Å². The number of aryl methyl sites for hydroxylation is 1. The number of benzene rings is 1. The molecule has 1 unspecified atom stereocenters. The molecule has 1 N–H and O–H groups in total. The molecule has 5 heteroatoms. The van der Waals surface area contributed by atoms with Crippen LogP contribution in [0.1, 0.15) is 17.0 Å². The Morgan fingerprint density at radius 1 is 1.47 bits per heavy atom. The molecule has 104 valence electrons. The predicted molar refractivity (Wildman–Crippen MR) is 68.8 cm³/mol. The molecule has 0 saturated carbocycles. The molecule has 2 rings (SSSR count). The molecule has 1 aromatic rings. The minimum atomic E-state index is -0.877. The third kappa shape index (κ3) is 3.52. The Morgan fingerprint density at radius 2 is 2.16 bits per heavy atom. The summed E-state index contributed by atoms with van der Waals surface area (Å²) in [4.78, 5) is 13.5. The standard InChI is InChI=1S/C14H18FNO3/c1-10-8-11(2-3-13(10)15)12(14(17)18)9-16-4-6-19-7-5-16/h2-3,8,12H,4-7,9H2,1H3,(H,17,18). The van der Waals surface area contributed by atoms with Crippen LogP contribution in [0.25, 0.3) is 0 Å². The van der Waals surface area contributed by atoms with Crippen molar-refractivity contribution in [2.45, 2.75) is 12.8 Å². The van der Waals surface area contributed by atoms with Gasteiger partial charge in [0.1, 0.15) is 5.82 Å². The Bertz CT molecular complexity index is 458. The second-order valence-electron chi connectivity index (χ2n) is 4.81. The quantitative estimate of drug-likeness (QED) is 0.901. The number of morpholine rings is 1. The summed E-state index contributed by atoms with van der Waals surface area (Å²) < 4.78 is 18.5. The van der Waals surface area contributed by atoms with Gasteiger partial charge in [-0.3, -0.25) is 9.69 Å². The average Bonchev–Trinajstić information content (AvgIpc) is 2.40. The highest BCUT2D eigenvalue weighted by atomic mass is 19.1. The van der Waals surface area contributed by atoms with Crippen molar-refractivity contribution in [3.8, 4) is 0 Å². The van der Waals surface area contributed by atoms with E-state index >= 15 is 0 Å². The zero-order valence-electron chi connectivity index (χ0n) is 10.9. The summed E-state index contributed by atoms with van der Waals surface area (Å²) in [5.74, 6) is -1.81. The first-order chi connectivity index (χ1) is 9.08. The van der Waals surface area contributed by atoms with Gasteiger partial charge in [-0.15, -0.1) is 0 Å². The Hall–Kier alpha value is -1.46. The lowest BCUT2D eigenvalue weighted by Crippen LogP contribution is -2.40. The largest absolute Gasteiger partial charge is 0.481 e. The molecule has 1 saturated heterocycles. The SMILES string of the molecule is Cc1cc(C(CN2CCOCC2)C(=O)O)ccc1F. The molecule has 1 aliphatic heterocycles. The van der Waals surface area contributed by atoms with E-state index in [2.05, 4.69) is 4.90 Å². The molecule has 0 aromatic heterocycles. The molecule has 1 atom stereocenters. The number of halogens is 1. The van der Waals surface area contributed by atoms with E-state index in [0.717, 1.165) is 13.1 Å². The monoisotopic (exact) mass is 267 g/mol. The van der Waals surface area contributed by atoms with E-state index in [1.54, 1.807) is 19.1 Å². The Balaban J connectivity index is 2.14. The van der Waals surface area contributed by atoms with Crippen LogP contribution in [0.3, 0.4) is 0 Å². The fourth-order valence-electron chi connectivity index (χ4n) is 2.25. The molecule has 0 spiro atoms. The molecular weight excluding hydrogens is 249 g/mol. The second-order valence-corrected chi connectivity index (χ2v) is 4.81. The van der Waals surface area contributed by atoms with Crippen LogP contribution in [0.2, 0.25) is 0 Å². The summed E-state index contributed by atoms with van der Waals surface area (Å²) in [6.07, 6.45) is 0. The topological polar surface area (TPSA) is 49.8 Å². The zero-order valence-corrected chi connectivity index (χ0v) is 10.9. The van der Waals surface area contributed by atoms with Gasteiger partial charge in [-0.05, 0) is 24.1 Å². The number of aliphatic carboxylic acids is 1. The Kier molecular flexibility index (Phi) is 4.50. The number of rotatable bonds is 4. The van der Waals surface area contributed by atoms with Crippen LogP contribution in [0, 0.1) is 12.7 Å². The Labute approximate surface area is 111 Å². The van der Waals surface area contributed by atoms with Gasteiger partial charge < -0.3 is 9.84 Å². The summed E-state index contributed by atoms with van der Waals surface area (Å²) in [5.41, 5.74) is 1.13. The number of ether oxygens (including phenoxy) is 1. The fraction of sp³-hybridized carbons (Fsp3) is 0.500. The first kappa shape index (κ1) is 14.0. The maximum atomic E-state index is 13.2. The van der Waals surface area contributed by atoms with Gasteiger partial charge in [-0.1, -0.05) is 12.1 Å². The van der Waals surface area contributed by atoms with Gasteiger partial charge in [0.05, 0.1) is 19.1 Å². The minimum absolute atomic E-state index is 0.306. The van der Waals surface area contributed by atoms with Crippen molar-refractivity contribution in [2.24, 2.45) is 0 Å². The second kappa shape index (κ2) is 6.12. The molecule has 1 fully saturated rings. The molecule has 1 aliphatic rings. The number of carbonyl (C=O) groups is 1. The van der Waals surface area contributed by atoms with E-state index in [0.29, 0.717) is 30.9 Å². The van der Waals surface area contributed by atoms with Gasteiger partial charge in [0, 0.05) is 19.6 Å². The van der Waals surface area contributed by atoms with Crippen LogP contribution < -0.4 is 0 Å². The molecule has 1 heterocycles. The maximum Gasteiger partial charge on any atom is 0.312 e. The minimum Gasteiger partial charge on any atom is -0.481 e. The van der Waals surface area contributed by atoms with E-state index in [1.165, 1.54) is 6.07 Å². The third-order valence-corrected chi connectivity index (χ3v) is 3.43. The summed E-state index contributed by atoms with van der Waals surface area (Å²) in [7, 11) is 0. The summed E-state index contributed by atoms with van der Waals surface area (Å²) in [6.45, 7) is 4.83. The zero-order chi connectivity index (χ0) is 13.8. The molecule has 1 aromatic carbocycles. The number of nitrogens with zero attached hydrogens (tertiary/aromatic N) is 1. The molecule has 0 amide bonds. The molecule has 0 radical (unpaired) electrons. The van der Waals surface area contributed by atoms with E-state index in [1.807, 2.05) is 0 Å². The molecular formula is C14H18FNO3. The van der Waals surface area contributed by atoms with Crippen molar-refractivity contribution in [1.82, 2.24) is 4.90 Å². The van der Waals surface area contributed by atoms with Gasteiger partial charge in [0.2, 0.25) is 0 Å². The van der Waals surface area contributed by atoms with Crippen molar-refractivity contribution < 1.29 is 19.0 Å². The van der Waals surface area contributed by atoms with E-state index < -0.39 is 11.9 Å². The van der Waals surface area contributed by atoms with Crippen molar-refractivity contribution >= 4 is 5.97 Å². The normalized spacial score (nSPS) is 18.2. The number of carboxylic acid groups (broad SMARTS) is 1. The van der Waals surface area contributed by atoms with E-state index in [-0.39, 0.29) is 5.82 Å². The third-order valence-electron chi connectivity index (χ3n) is 3.43. The maximum absolute atomic E-state index is 13.2. The van der Waals surface area contributed by atoms with Crippen LogP contribution in [0.5, 0.6) is 0 Å². The first-order valence-electron chi connectivity index (χ1n) is 6.37. The highest BCUT2D eigenvalue weighted by molar-refractivity contribution is 5.76. The van der Waals surface area contributed by atoms with Gasteiger partial charge in [0.15, 0.2) is 0 Å². The number of hydrogen-bond donors (Lipinski definition) is 1. The van der Waals surface area contributed by atoms with Crippen LogP contribution in [0.15, 0.2) is 18.2 Å². The summed E-state index contributed by atoms with van der Waals surface area (Å²) >= 11 is 0. The van der Waals surface area contributed by atoms with Crippen LogP contribution in [-0.4, -0.2) is 48.8 Å². The van der Waals surface area contributed by atoms with Crippen molar-refractivity contribution in [1.29, 1.82) is 0 Å². The van der Waals surface area contributed by atoms with Crippen LogP contribution in [0.4, 0.5) is 4.39 Å². The molecule has 0 aliphatic carbocycles. The average molecular weight is 267 g/mol. The number of hydrogen-bond acceptors (Lipinski definition) is 3. The lowest BCUT2D eigenvalue weighted by Gasteiger charge is -2.29. The first-order valence-corrected chi connectivity index (χ1v) is 6.37. The van der Waals surface area contributed by atoms with Gasteiger partial charge in [-0.2, -0.15) is 0 Å². The van der Waals surface area contributed by atoms with E-state index in [9.17, 15) is 14.3 Å². The summed E-state index contributed by atoms with van der Waals surface area (Å²) in [5, 5.41) is 9.37. The fourth-order valence-corrected chi connectivity index (χ4v) is 2.25. The van der Waals surface area contributed by atoms with Gasteiger partial charge in [-0.25, -0.2) is 4.39 Å². The number of carboxylic acids is 1. The molecule has 4 nitrogen and oxygen atoms in total. The van der Waals surface area contributed by atoms with Crippen molar-refractivity contribution in [3.63, 3.8) is 0 Å². The highest BCUT2D eigenvalue weighted by Crippen LogP contribution is 2.21. The predicted octanol–water partition coefficient (Wildman–Crippen LogP) is 1.63. The smallest absolute Gasteiger partial charge is 0.312 e. The summed E-state index contributed by atoms with van der Waals surface area (Å²) in [6, 6.07) is 4.51. The van der Waals surface area contributed by atoms with Crippen LogP contribution in [-0.2, 0) is 9.53 Å². The lowest BCUT2D eigenvalue weighted by molar-refractivity contribution is -0.139. The lowest BCUT2D eigenvalue weighted by atomic mass is 9.96. The van der Waals surface area contributed by atoms with Crippen LogP contribution >= 0.6 is 0 Å².